The Labute approximate surface area is 664 Å². The maximum Gasteiger partial charge on any atom is 0.0726 e. The van der Waals surface area contributed by atoms with E-state index in [0.29, 0.717) is 0 Å². The Morgan fingerprint density at radius 1 is 0.184 bits per heavy atom. The Hall–Kier alpha value is -14.2. The number of hydrogen-bond donors (Lipinski definition) is 0. The van der Waals surface area contributed by atoms with Crippen LogP contribution >= 0.6 is 11.3 Å². The minimum Gasteiger partial charge on any atom is -0.310 e. The van der Waals surface area contributed by atoms with Crippen molar-refractivity contribution in [2.75, 3.05) is 9.80 Å². The van der Waals surface area contributed by atoms with Gasteiger partial charge < -0.3 is 9.80 Å². The Bertz CT molecular complexity index is 7560. The van der Waals surface area contributed by atoms with E-state index in [2.05, 4.69) is 410 Å². The molecule has 3 heteroatoms. The third kappa shape index (κ3) is 8.03. The molecule has 1 atom stereocenters. The number of thiophene rings is 1. The van der Waals surface area contributed by atoms with Gasteiger partial charge in [-0.15, -0.1) is 11.3 Å². The Morgan fingerprint density at radius 2 is 0.561 bits per heavy atom. The van der Waals surface area contributed by atoms with Crippen molar-refractivity contribution < 1.29 is 0 Å². The predicted molar refractivity (Wildman–Crippen MR) is 476 cm³/mol. The summed E-state index contributed by atoms with van der Waals surface area (Å²) in [5, 5.41) is 10.0. The first kappa shape index (κ1) is 62.5. The molecule has 0 amide bonds. The summed E-state index contributed by atoms with van der Waals surface area (Å²) in [7, 11) is 0. The first-order chi connectivity index (χ1) is 56.5. The molecular weight excluding hydrogens is 1390 g/mol. The largest absolute Gasteiger partial charge is 0.310 e. The molecule has 6 aliphatic rings. The summed E-state index contributed by atoms with van der Waals surface area (Å²) in [5.41, 5.74) is 38.5. The second-order valence-corrected chi connectivity index (χ2v) is 33.0. The van der Waals surface area contributed by atoms with E-state index in [4.69, 9.17) is 0 Å². The SMILES string of the molecule is c1ccc(N(c2ccc3c(c2)C2(c4ccccc4-c4ccccc42)c2cc4ccccc4cc2-3)c2ccc3c(c2)C2(c4ccccc4-c4cc(-c5ccc6cc7c(cc6c5)C5(c6ccccc6-c6ccccc65)c5cc(N(c6ccccc6)c6cccc8c6sc6ccccc68)ccc5-7)ccc42)c2ccc4ccccc4c2-3)cc1. The summed E-state index contributed by atoms with van der Waals surface area (Å²) >= 11 is 1.88. The number of rotatable bonds is 7. The van der Waals surface area contributed by atoms with Crippen LogP contribution in [0.25, 0.3) is 130 Å². The maximum absolute atomic E-state index is 2.57. The molecule has 0 radical (unpaired) electrons. The molecule has 0 N–H and O–H groups in total. The summed E-state index contributed by atoms with van der Waals surface area (Å²) in [6.45, 7) is 0. The standard InChI is InChI=1S/C111H66N2S/c1-3-27-74(28-4-1)112(76-50-53-85-91-59-68-25-7-8-26-69(68)62-100(91)110(102(85)64-76)93-39-17-11-32-80(93)81-33-12-18-40-94(81)110)77-52-55-89-104(65-77)109(99-57-48-67-24-9-10-31-79(67)107(89)99)97-43-21-15-36-84(97)90-60-71(49-56-98(90)109)70-46-47-72-61-92-86-54-51-78(113(75-29-5-2-6-30-75)105-44-23-38-88-87-37-16-22-45-106(87)114-108(88)105)66-103(86)111(101(92)63-73(72)58-70)95-41-19-13-34-82(95)83-35-14-20-42-96(83)111/h1-66H. The monoisotopic (exact) mass is 1460 g/mol. The third-order valence-corrected chi connectivity index (χ3v) is 28.0. The minimum atomic E-state index is -0.661. The Morgan fingerprint density at radius 3 is 1.16 bits per heavy atom. The number of fused-ring (bicyclic) bond motifs is 37. The molecule has 0 aliphatic heterocycles. The lowest BCUT2D eigenvalue weighted by molar-refractivity contribution is 0.793. The van der Waals surface area contributed by atoms with Crippen molar-refractivity contribution in [3.8, 4) is 77.9 Å². The van der Waals surface area contributed by atoms with Crippen LogP contribution in [-0.2, 0) is 16.2 Å². The van der Waals surface area contributed by atoms with Crippen molar-refractivity contribution in [3.05, 3.63) is 467 Å². The van der Waals surface area contributed by atoms with Gasteiger partial charge in [0.05, 0.1) is 26.6 Å². The highest BCUT2D eigenvalue weighted by molar-refractivity contribution is 7.26. The average Bonchev–Trinajstić information content (AvgIpc) is 1.51. The van der Waals surface area contributed by atoms with Crippen molar-refractivity contribution in [3.63, 3.8) is 0 Å². The summed E-state index contributed by atoms with van der Waals surface area (Å²) in [4.78, 5) is 5.04. The number of para-hydroxylation sites is 2. The summed E-state index contributed by atoms with van der Waals surface area (Å²) in [5.74, 6) is 0. The molecule has 526 valence electrons. The smallest absolute Gasteiger partial charge is 0.0726 e. The van der Waals surface area contributed by atoms with E-state index in [1.54, 1.807) is 0 Å². The van der Waals surface area contributed by atoms with Gasteiger partial charge in [-0.25, -0.2) is 0 Å². The fourth-order valence-electron chi connectivity index (χ4n) is 22.3. The average molecular weight is 1460 g/mol. The van der Waals surface area contributed by atoms with Crippen molar-refractivity contribution in [1.29, 1.82) is 0 Å². The van der Waals surface area contributed by atoms with E-state index in [0.717, 1.165) is 28.4 Å². The van der Waals surface area contributed by atoms with Gasteiger partial charge in [0.2, 0.25) is 0 Å². The fraction of sp³-hybridized carbons (Fsp3) is 0.0270. The van der Waals surface area contributed by atoms with Crippen LogP contribution in [0.15, 0.2) is 400 Å². The molecule has 2 nitrogen and oxygen atoms in total. The minimum absolute atomic E-state index is 0.547. The fourth-order valence-corrected chi connectivity index (χ4v) is 23.5. The van der Waals surface area contributed by atoms with Crippen LogP contribution in [-0.4, -0.2) is 0 Å². The zero-order chi connectivity index (χ0) is 74.3. The normalized spacial score (nSPS) is 15.0. The van der Waals surface area contributed by atoms with Crippen LogP contribution in [0, 0.1) is 0 Å². The van der Waals surface area contributed by atoms with Gasteiger partial charge in [-0.3, -0.25) is 0 Å². The zero-order valence-electron chi connectivity index (χ0n) is 61.9. The molecule has 0 fully saturated rings. The lowest BCUT2D eigenvalue weighted by atomic mass is 9.70. The highest BCUT2D eigenvalue weighted by atomic mass is 32.1. The van der Waals surface area contributed by atoms with Crippen molar-refractivity contribution in [1.82, 2.24) is 0 Å². The molecule has 114 heavy (non-hydrogen) atoms. The Kier molecular flexibility index (Phi) is 12.6. The van der Waals surface area contributed by atoms with Crippen LogP contribution < -0.4 is 9.80 Å². The van der Waals surface area contributed by atoms with E-state index in [-0.39, 0.29) is 0 Å². The van der Waals surface area contributed by atoms with Crippen LogP contribution in [0.2, 0.25) is 0 Å². The highest BCUT2D eigenvalue weighted by Crippen LogP contribution is 2.69. The number of nitrogens with zero attached hydrogens (tertiary/aromatic N) is 2. The molecular formula is C111H66N2S. The van der Waals surface area contributed by atoms with Gasteiger partial charge in [-0.2, -0.15) is 0 Å². The third-order valence-electron chi connectivity index (χ3n) is 26.8. The van der Waals surface area contributed by atoms with Gasteiger partial charge in [0.25, 0.3) is 0 Å². The van der Waals surface area contributed by atoms with Crippen LogP contribution in [0.3, 0.4) is 0 Å². The molecule has 0 saturated heterocycles. The lowest BCUT2D eigenvalue weighted by Gasteiger charge is -2.33. The molecule has 0 bridgehead atoms. The molecule has 1 aromatic heterocycles. The molecule has 0 saturated carbocycles. The first-order valence-corrected chi connectivity index (χ1v) is 40.7. The van der Waals surface area contributed by atoms with Gasteiger partial charge in [0, 0.05) is 43.9 Å². The summed E-state index contributed by atoms with van der Waals surface area (Å²) in [6.07, 6.45) is 0. The Balaban J connectivity index is 0.645. The molecule has 1 heterocycles. The predicted octanol–water partition coefficient (Wildman–Crippen LogP) is 29.2. The van der Waals surface area contributed by atoms with E-state index < -0.39 is 16.2 Å². The second-order valence-electron chi connectivity index (χ2n) is 31.9. The number of anilines is 6. The van der Waals surface area contributed by atoms with E-state index in [1.165, 1.54) is 203 Å². The number of benzene rings is 19. The van der Waals surface area contributed by atoms with E-state index in [1.807, 2.05) is 11.3 Å². The van der Waals surface area contributed by atoms with Crippen LogP contribution in [0.1, 0.15) is 66.8 Å². The van der Waals surface area contributed by atoms with Crippen molar-refractivity contribution in [2.24, 2.45) is 0 Å². The summed E-state index contributed by atoms with van der Waals surface area (Å²) < 4.78 is 2.57. The van der Waals surface area contributed by atoms with Gasteiger partial charge in [-0.05, 0) is 286 Å². The zero-order valence-corrected chi connectivity index (χ0v) is 62.7. The van der Waals surface area contributed by atoms with E-state index >= 15 is 0 Å². The molecule has 20 aromatic rings. The van der Waals surface area contributed by atoms with Crippen molar-refractivity contribution >= 4 is 98.0 Å². The molecule has 3 spiro atoms. The van der Waals surface area contributed by atoms with Gasteiger partial charge >= 0.3 is 0 Å². The molecule has 19 aromatic carbocycles. The van der Waals surface area contributed by atoms with Crippen LogP contribution in [0.5, 0.6) is 0 Å². The highest BCUT2D eigenvalue weighted by Gasteiger charge is 2.56. The second kappa shape index (κ2) is 23.0. The lowest BCUT2D eigenvalue weighted by Crippen LogP contribution is -2.26. The molecule has 6 aliphatic carbocycles. The van der Waals surface area contributed by atoms with Crippen LogP contribution in [0.4, 0.5) is 34.1 Å². The number of hydrogen-bond acceptors (Lipinski definition) is 3. The molecule has 1 unspecified atom stereocenters. The van der Waals surface area contributed by atoms with E-state index in [9.17, 15) is 0 Å². The topological polar surface area (TPSA) is 6.48 Å². The molecule has 26 rings (SSSR count). The maximum atomic E-state index is 2.57. The first-order valence-electron chi connectivity index (χ1n) is 39.8. The van der Waals surface area contributed by atoms with Crippen molar-refractivity contribution in [2.45, 2.75) is 16.2 Å². The quantitative estimate of drug-likeness (QED) is 0.157. The van der Waals surface area contributed by atoms with Gasteiger partial charge in [0.1, 0.15) is 0 Å². The summed E-state index contributed by atoms with van der Waals surface area (Å²) in [6, 6.07) is 154. The van der Waals surface area contributed by atoms with Gasteiger partial charge in [-0.1, -0.05) is 291 Å². The van der Waals surface area contributed by atoms with Gasteiger partial charge in [0.15, 0.2) is 0 Å².